The summed E-state index contributed by atoms with van der Waals surface area (Å²) in [5, 5.41) is 18.7. The molecule has 0 unspecified atom stereocenters. The van der Waals surface area contributed by atoms with Crippen molar-refractivity contribution >= 4 is 28.1 Å². The highest BCUT2D eigenvalue weighted by Crippen LogP contribution is 2.57. The second-order valence-electron chi connectivity index (χ2n) is 10.4. The highest BCUT2D eigenvalue weighted by molar-refractivity contribution is 7.15. The van der Waals surface area contributed by atoms with E-state index in [2.05, 4.69) is 24.5 Å². The first-order chi connectivity index (χ1) is 15.2. The number of hydrogen-bond acceptors (Lipinski definition) is 5. The van der Waals surface area contributed by atoms with Gasteiger partial charge in [0.1, 0.15) is 5.82 Å². The van der Waals surface area contributed by atoms with Crippen molar-refractivity contribution in [3.63, 3.8) is 0 Å². The van der Waals surface area contributed by atoms with Gasteiger partial charge in [0.15, 0.2) is 5.13 Å². The van der Waals surface area contributed by atoms with E-state index in [-0.39, 0.29) is 40.8 Å². The van der Waals surface area contributed by atoms with Gasteiger partial charge in [-0.1, -0.05) is 20.8 Å². The van der Waals surface area contributed by atoms with Crippen LogP contribution in [0.5, 0.6) is 0 Å². The van der Waals surface area contributed by atoms with E-state index in [1.165, 1.54) is 17.0 Å². The molecule has 32 heavy (non-hydrogen) atoms. The van der Waals surface area contributed by atoms with Crippen molar-refractivity contribution in [3.8, 4) is 0 Å². The van der Waals surface area contributed by atoms with E-state index >= 15 is 0 Å². The lowest BCUT2D eigenvalue weighted by Gasteiger charge is -2.53. The van der Waals surface area contributed by atoms with Crippen molar-refractivity contribution in [2.24, 2.45) is 23.2 Å². The number of carbonyl (C=O) groups excluding carboxylic acids is 1. The van der Waals surface area contributed by atoms with Crippen LogP contribution in [-0.2, 0) is 11.2 Å². The zero-order chi connectivity index (χ0) is 22.6. The van der Waals surface area contributed by atoms with Gasteiger partial charge in [0.2, 0.25) is 5.91 Å². The molecule has 1 heterocycles. The molecule has 172 valence electrons. The molecular weight excluding hydrogens is 425 g/mol. The fraction of sp³-hybridized carbons (Fsp3) is 0.600. The van der Waals surface area contributed by atoms with E-state index < -0.39 is 6.10 Å². The van der Waals surface area contributed by atoms with E-state index in [1.807, 2.05) is 6.92 Å². The van der Waals surface area contributed by atoms with Gasteiger partial charge < -0.3 is 15.7 Å². The van der Waals surface area contributed by atoms with Crippen molar-refractivity contribution in [2.75, 3.05) is 5.32 Å². The third kappa shape index (κ3) is 3.94. The third-order valence-electron chi connectivity index (χ3n) is 8.00. The zero-order valence-corrected chi connectivity index (χ0v) is 19.7. The number of aliphatic hydroxyl groups excluding tert-OH is 1. The minimum Gasteiger partial charge on any atom is -0.392 e. The maximum absolute atomic E-state index is 13.2. The van der Waals surface area contributed by atoms with Gasteiger partial charge in [0.05, 0.1) is 11.8 Å². The van der Waals surface area contributed by atoms with Crippen molar-refractivity contribution in [2.45, 2.75) is 70.9 Å². The molecule has 2 saturated carbocycles. The number of carbonyl (C=O) groups is 1. The number of aliphatic hydroxyl groups is 1. The molecule has 7 heteroatoms. The molecule has 2 fully saturated rings. The number of aromatic nitrogens is 1. The number of anilines is 2. The Kier molecular flexibility index (Phi) is 5.53. The first-order valence-electron chi connectivity index (χ1n) is 11.8. The average molecular weight is 458 g/mol. The van der Waals surface area contributed by atoms with Crippen LogP contribution in [0.1, 0.15) is 62.9 Å². The molecule has 3 aliphatic rings. The number of halogens is 1. The number of hydrogen-bond donors (Lipinski definition) is 3. The molecule has 1 amide bonds. The molecule has 1 aromatic carbocycles. The average Bonchev–Trinajstić information content (AvgIpc) is 3.47. The Balaban J connectivity index is 1.36. The van der Waals surface area contributed by atoms with E-state index in [4.69, 9.17) is 4.98 Å². The monoisotopic (exact) mass is 457 g/mol. The third-order valence-corrected chi connectivity index (χ3v) is 8.98. The standard InChI is InChI=1S/C25H32FN3O2S/c1-13(23(31)27-16-8-9-16)18-10-11-25(3)12-19-21(14(2)20(25)22(18)30)29-24(32-19)28-17-6-4-15(26)5-7-17/h4-7,13-14,16,18,20,22,30H,8-12H2,1-3H3,(H,27,31)(H,28,29)/t13-,14+,18+,20+,22-,25+/m0/s1. The number of thiazole rings is 1. The predicted octanol–water partition coefficient (Wildman–Crippen LogP) is 4.99. The number of nitrogens with zero attached hydrogens (tertiary/aromatic N) is 1. The molecular formula is C25H32FN3O2S. The van der Waals surface area contributed by atoms with E-state index in [0.717, 1.165) is 48.6 Å². The molecule has 2 aromatic rings. The number of rotatable bonds is 5. The molecule has 0 radical (unpaired) electrons. The molecule has 5 nitrogen and oxygen atoms in total. The number of nitrogens with one attached hydrogen (secondary N) is 2. The van der Waals surface area contributed by atoms with Crippen LogP contribution in [0.15, 0.2) is 24.3 Å². The summed E-state index contributed by atoms with van der Waals surface area (Å²) in [6.45, 7) is 6.43. The van der Waals surface area contributed by atoms with Crippen LogP contribution >= 0.6 is 11.3 Å². The molecule has 0 spiro atoms. The van der Waals surface area contributed by atoms with Crippen molar-refractivity contribution in [3.05, 3.63) is 40.7 Å². The van der Waals surface area contributed by atoms with E-state index in [1.54, 1.807) is 23.5 Å². The van der Waals surface area contributed by atoms with Crippen molar-refractivity contribution in [1.82, 2.24) is 10.3 Å². The Morgan fingerprint density at radius 1 is 1.28 bits per heavy atom. The lowest BCUT2D eigenvalue weighted by atomic mass is 9.53. The summed E-state index contributed by atoms with van der Waals surface area (Å²) in [5.74, 6) is -0.195. The van der Waals surface area contributed by atoms with Crippen molar-refractivity contribution < 1.29 is 14.3 Å². The van der Waals surface area contributed by atoms with Gasteiger partial charge in [0, 0.05) is 28.4 Å². The Bertz CT molecular complexity index is 1010. The fourth-order valence-corrected chi connectivity index (χ4v) is 7.30. The summed E-state index contributed by atoms with van der Waals surface area (Å²) in [6, 6.07) is 6.63. The minimum absolute atomic E-state index is 0.00526. The van der Waals surface area contributed by atoms with E-state index in [0.29, 0.717) is 6.04 Å². The summed E-state index contributed by atoms with van der Waals surface area (Å²) in [5.41, 5.74) is 1.86. The molecule has 3 aliphatic carbocycles. The molecule has 3 N–H and O–H groups in total. The van der Waals surface area contributed by atoms with Crippen LogP contribution in [0, 0.1) is 29.0 Å². The summed E-state index contributed by atoms with van der Waals surface area (Å²) in [4.78, 5) is 18.8. The number of amides is 1. The van der Waals surface area contributed by atoms with Crippen LogP contribution in [0.25, 0.3) is 0 Å². The van der Waals surface area contributed by atoms with Crippen LogP contribution in [0.4, 0.5) is 15.2 Å². The van der Waals surface area contributed by atoms with Gasteiger partial charge in [-0.3, -0.25) is 4.79 Å². The molecule has 0 saturated heterocycles. The minimum atomic E-state index is -0.521. The second-order valence-corrected chi connectivity index (χ2v) is 11.5. The Hall–Kier alpha value is -1.99. The van der Waals surface area contributed by atoms with Gasteiger partial charge in [-0.25, -0.2) is 9.37 Å². The molecule has 1 aromatic heterocycles. The molecule has 6 atom stereocenters. The lowest BCUT2D eigenvalue weighted by molar-refractivity contribution is -0.134. The summed E-state index contributed by atoms with van der Waals surface area (Å²) in [7, 11) is 0. The Morgan fingerprint density at radius 2 is 2.00 bits per heavy atom. The predicted molar refractivity (Wildman–Crippen MR) is 125 cm³/mol. The van der Waals surface area contributed by atoms with E-state index in [9.17, 15) is 14.3 Å². The van der Waals surface area contributed by atoms with Crippen LogP contribution in [0.2, 0.25) is 0 Å². The second kappa shape index (κ2) is 8.10. The first-order valence-corrected chi connectivity index (χ1v) is 12.6. The SMILES string of the molecule is C[C@H](C(=O)NC1CC1)[C@H]1CC[C@]2(C)Cc3sc(Nc4ccc(F)cc4)nc3[C@H](C)[C@@H]2[C@H]1O. The maximum Gasteiger partial charge on any atom is 0.223 e. The van der Waals surface area contributed by atoms with Gasteiger partial charge >= 0.3 is 0 Å². The largest absolute Gasteiger partial charge is 0.392 e. The topological polar surface area (TPSA) is 74.2 Å². The highest BCUT2D eigenvalue weighted by atomic mass is 32.1. The Morgan fingerprint density at radius 3 is 2.69 bits per heavy atom. The van der Waals surface area contributed by atoms with Gasteiger partial charge in [-0.2, -0.15) is 0 Å². The fourth-order valence-electron chi connectivity index (χ4n) is 6.01. The van der Waals surface area contributed by atoms with Crippen LogP contribution in [0.3, 0.4) is 0 Å². The maximum atomic E-state index is 13.2. The normalized spacial score (nSPS) is 32.5. The molecule has 5 rings (SSSR count). The molecule has 0 aliphatic heterocycles. The summed E-state index contributed by atoms with van der Waals surface area (Å²) >= 11 is 1.66. The number of benzene rings is 1. The van der Waals surface area contributed by atoms with Gasteiger partial charge in [-0.05, 0) is 73.6 Å². The summed E-state index contributed by atoms with van der Waals surface area (Å²) in [6.07, 6.45) is 4.39. The van der Waals surface area contributed by atoms with Crippen molar-refractivity contribution in [1.29, 1.82) is 0 Å². The van der Waals surface area contributed by atoms with Gasteiger partial charge in [-0.15, -0.1) is 11.3 Å². The quantitative estimate of drug-likeness (QED) is 0.591. The zero-order valence-electron chi connectivity index (χ0n) is 18.9. The highest BCUT2D eigenvalue weighted by Gasteiger charge is 2.54. The smallest absolute Gasteiger partial charge is 0.223 e. The van der Waals surface area contributed by atoms with Gasteiger partial charge in [0.25, 0.3) is 0 Å². The lowest BCUT2D eigenvalue weighted by Crippen LogP contribution is -2.53. The number of fused-ring (bicyclic) bond motifs is 2. The Labute approximate surface area is 192 Å². The van der Waals surface area contributed by atoms with Crippen LogP contribution < -0.4 is 10.6 Å². The van der Waals surface area contributed by atoms with Crippen LogP contribution in [-0.4, -0.2) is 28.1 Å². The first kappa shape index (κ1) is 21.8. The molecule has 0 bridgehead atoms. The summed E-state index contributed by atoms with van der Waals surface area (Å²) < 4.78 is 13.2.